The lowest BCUT2D eigenvalue weighted by Crippen LogP contribution is -2.37. The average molecular weight is 309 g/mol. The van der Waals surface area contributed by atoms with Crippen LogP contribution < -0.4 is 16.2 Å². The lowest BCUT2D eigenvalue weighted by molar-refractivity contribution is 0.122. The molecule has 0 unspecified atom stereocenters. The van der Waals surface area contributed by atoms with E-state index in [1.165, 1.54) is 11.8 Å². The van der Waals surface area contributed by atoms with Gasteiger partial charge in [-0.2, -0.15) is 15.0 Å². The fourth-order valence-corrected chi connectivity index (χ4v) is 2.52. The highest BCUT2D eigenvalue weighted by Crippen LogP contribution is 2.26. The molecule has 1 saturated heterocycles. The standard InChI is InChI=1S/C11H15N7O2S/c1-7-6-20-11(13-7)21-10-15-8(17-12)14-9(16-10)18-2-4-19-5-3-18/h6H,2-5,12H2,1H3,(H,14,15,16,17). The smallest absolute Gasteiger partial charge is 0.263 e. The summed E-state index contributed by atoms with van der Waals surface area (Å²) in [6.45, 7) is 4.62. The van der Waals surface area contributed by atoms with Crippen LogP contribution in [0.4, 0.5) is 11.9 Å². The van der Waals surface area contributed by atoms with E-state index in [2.05, 4.69) is 25.4 Å². The molecule has 3 N–H and O–H groups in total. The summed E-state index contributed by atoms with van der Waals surface area (Å²) in [6.07, 6.45) is 1.58. The number of rotatable bonds is 4. The number of hydrazine groups is 1. The molecule has 3 rings (SSSR count). The second-order valence-electron chi connectivity index (χ2n) is 4.34. The minimum absolute atomic E-state index is 0.303. The highest BCUT2D eigenvalue weighted by Gasteiger charge is 2.17. The lowest BCUT2D eigenvalue weighted by atomic mass is 10.4. The molecule has 1 aliphatic heterocycles. The van der Waals surface area contributed by atoms with Crippen molar-refractivity contribution >= 4 is 23.7 Å². The van der Waals surface area contributed by atoms with Crippen molar-refractivity contribution in [3.8, 4) is 0 Å². The number of nitrogen functional groups attached to an aromatic ring is 1. The second-order valence-corrected chi connectivity index (χ2v) is 5.26. The van der Waals surface area contributed by atoms with Crippen LogP contribution in [-0.2, 0) is 4.74 Å². The van der Waals surface area contributed by atoms with Gasteiger partial charge in [-0.3, -0.25) is 5.43 Å². The average Bonchev–Trinajstić information content (AvgIpc) is 2.93. The minimum Gasteiger partial charge on any atom is -0.439 e. The number of nitrogens with zero attached hydrogens (tertiary/aromatic N) is 5. The number of nitrogens with two attached hydrogens (primary N) is 1. The minimum atomic E-state index is 0.303. The van der Waals surface area contributed by atoms with Crippen molar-refractivity contribution in [2.45, 2.75) is 17.3 Å². The van der Waals surface area contributed by atoms with Crippen molar-refractivity contribution < 1.29 is 9.15 Å². The van der Waals surface area contributed by atoms with E-state index in [-0.39, 0.29) is 0 Å². The molecule has 2 aromatic heterocycles. The molecule has 9 nitrogen and oxygen atoms in total. The van der Waals surface area contributed by atoms with E-state index in [1.807, 2.05) is 11.8 Å². The molecule has 1 aliphatic rings. The molecule has 10 heteroatoms. The first-order chi connectivity index (χ1) is 10.2. The van der Waals surface area contributed by atoms with Gasteiger partial charge in [0.25, 0.3) is 5.22 Å². The largest absolute Gasteiger partial charge is 0.439 e. The van der Waals surface area contributed by atoms with Gasteiger partial charge >= 0.3 is 0 Å². The molecule has 1 fully saturated rings. The Morgan fingerprint density at radius 3 is 2.71 bits per heavy atom. The number of nitrogens with one attached hydrogen (secondary N) is 1. The predicted molar refractivity (Wildman–Crippen MR) is 76.0 cm³/mol. The van der Waals surface area contributed by atoms with Crippen LogP contribution in [0.25, 0.3) is 0 Å². The lowest BCUT2D eigenvalue weighted by Gasteiger charge is -2.26. The summed E-state index contributed by atoms with van der Waals surface area (Å²) < 4.78 is 10.6. The van der Waals surface area contributed by atoms with Crippen LogP contribution in [0, 0.1) is 6.92 Å². The number of aromatic nitrogens is 4. The fourth-order valence-electron chi connectivity index (χ4n) is 1.82. The highest BCUT2D eigenvalue weighted by molar-refractivity contribution is 7.98. The SMILES string of the molecule is Cc1coc(Sc2nc(NN)nc(N3CCOCC3)n2)n1. The molecule has 0 saturated carbocycles. The van der Waals surface area contributed by atoms with E-state index in [0.717, 1.165) is 18.8 Å². The Hall–Kier alpha value is -1.91. The van der Waals surface area contributed by atoms with E-state index < -0.39 is 0 Å². The number of hydrogen-bond donors (Lipinski definition) is 2. The normalized spacial score (nSPS) is 15.2. The van der Waals surface area contributed by atoms with Crippen LogP contribution >= 0.6 is 11.8 Å². The van der Waals surface area contributed by atoms with Crippen molar-refractivity contribution in [3.05, 3.63) is 12.0 Å². The molecule has 0 aliphatic carbocycles. The van der Waals surface area contributed by atoms with E-state index >= 15 is 0 Å². The molecule has 112 valence electrons. The Morgan fingerprint density at radius 2 is 2.05 bits per heavy atom. The summed E-state index contributed by atoms with van der Waals surface area (Å²) >= 11 is 1.22. The molecule has 0 bridgehead atoms. The third-order valence-electron chi connectivity index (χ3n) is 2.80. The molecule has 2 aromatic rings. The van der Waals surface area contributed by atoms with Crippen LogP contribution in [0.2, 0.25) is 0 Å². The third kappa shape index (κ3) is 3.40. The summed E-state index contributed by atoms with van der Waals surface area (Å²) in [5, 5.41) is 0.955. The van der Waals surface area contributed by atoms with Gasteiger partial charge in [-0.05, 0) is 6.92 Å². The van der Waals surface area contributed by atoms with E-state index in [0.29, 0.717) is 35.5 Å². The number of hydrogen-bond acceptors (Lipinski definition) is 10. The Labute approximate surface area is 125 Å². The van der Waals surface area contributed by atoms with Gasteiger partial charge in [0.05, 0.1) is 18.9 Å². The van der Waals surface area contributed by atoms with Gasteiger partial charge in [0.2, 0.25) is 17.1 Å². The topological polar surface area (TPSA) is 115 Å². The summed E-state index contributed by atoms with van der Waals surface area (Å²) in [5.74, 6) is 6.29. The fraction of sp³-hybridized carbons (Fsp3) is 0.455. The first kappa shape index (κ1) is 14.0. The van der Waals surface area contributed by atoms with Crippen molar-refractivity contribution in [2.24, 2.45) is 5.84 Å². The van der Waals surface area contributed by atoms with Gasteiger partial charge in [0, 0.05) is 24.9 Å². The van der Waals surface area contributed by atoms with Crippen LogP contribution in [0.5, 0.6) is 0 Å². The van der Waals surface area contributed by atoms with Gasteiger partial charge in [0.1, 0.15) is 6.26 Å². The maximum absolute atomic E-state index is 5.42. The van der Waals surface area contributed by atoms with Crippen molar-refractivity contribution in [1.29, 1.82) is 0 Å². The van der Waals surface area contributed by atoms with E-state index in [1.54, 1.807) is 6.26 Å². The second kappa shape index (κ2) is 6.24. The Balaban J connectivity index is 1.85. The van der Waals surface area contributed by atoms with Gasteiger partial charge in [-0.1, -0.05) is 0 Å². The van der Waals surface area contributed by atoms with Gasteiger partial charge in [0.15, 0.2) is 0 Å². The third-order valence-corrected chi connectivity index (χ3v) is 3.53. The molecule has 3 heterocycles. The van der Waals surface area contributed by atoms with Crippen molar-refractivity contribution in [3.63, 3.8) is 0 Å². The number of aryl methyl sites for hydroxylation is 1. The van der Waals surface area contributed by atoms with Gasteiger partial charge < -0.3 is 14.1 Å². The van der Waals surface area contributed by atoms with Gasteiger partial charge in [-0.25, -0.2) is 10.8 Å². The number of oxazole rings is 1. The number of morpholine rings is 1. The molecule has 0 spiro atoms. The van der Waals surface area contributed by atoms with E-state index in [4.69, 9.17) is 15.0 Å². The van der Waals surface area contributed by atoms with E-state index in [9.17, 15) is 0 Å². The van der Waals surface area contributed by atoms with Crippen molar-refractivity contribution in [1.82, 2.24) is 19.9 Å². The maximum atomic E-state index is 5.42. The predicted octanol–water partition coefficient (Wildman–Crippen LogP) is 0.441. The summed E-state index contributed by atoms with van der Waals surface area (Å²) in [5.41, 5.74) is 3.26. The zero-order valence-electron chi connectivity index (χ0n) is 11.4. The summed E-state index contributed by atoms with van der Waals surface area (Å²) in [4.78, 5) is 19.1. The molecule has 21 heavy (non-hydrogen) atoms. The Kier molecular flexibility index (Phi) is 4.18. The zero-order valence-corrected chi connectivity index (χ0v) is 12.3. The number of anilines is 2. The molecule has 0 atom stereocenters. The van der Waals surface area contributed by atoms with Crippen LogP contribution in [0.15, 0.2) is 21.1 Å². The molecule has 0 aromatic carbocycles. The Morgan fingerprint density at radius 1 is 1.24 bits per heavy atom. The maximum Gasteiger partial charge on any atom is 0.263 e. The highest BCUT2D eigenvalue weighted by atomic mass is 32.2. The molecular weight excluding hydrogens is 294 g/mol. The Bertz CT molecular complexity index is 614. The first-order valence-corrected chi connectivity index (χ1v) is 7.21. The van der Waals surface area contributed by atoms with Crippen LogP contribution in [-0.4, -0.2) is 46.2 Å². The monoisotopic (exact) mass is 309 g/mol. The molecular formula is C11H15N7O2S. The van der Waals surface area contributed by atoms with Gasteiger partial charge in [-0.15, -0.1) is 0 Å². The number of ether oxygens (including phenoxy) is 1. The quantitative estimate of drug-likeness (QED) is 0.608. The summed E-state index contributed by atoms with van der Waals surface area (Å²) in [6, 6.07) is 0. The zero-order chi connectivity index (χ0) is 14.7. The molecule has 0 radical (unpaired) electrons. The van der Waals surface area contributed by atoms with Crippen LogP contribution in [0.1, 0.15) is 5.69 Å². The first-order valence-electron chi connectivity index (χ1n) is 6.40. The van der Waals surface area contributed by atoms with Crippen LogP contribution in [0.3, 0.4) is 0 Å². The molecule has 0 amide bonds. The van der Waals surface area contributed by atoms with Crippen molar-refractivity contribution in [2.75, 3.05) is 36.6 Å². The summed E-state index contributed by atoms with van der Waals surface area (Å²) in [7, 11) is 0.